The average Bonchev–Trinajstić information content (AvgIpc) is 2.77. The summed E-state index contributed by atoms with van der Waals surface area (Å²) in [5.41, 5.74) is 1.47. The van der Waals surface area contributed by atoms with Gasteiger partial charge in [-0.05, 0) is 37.2 Å². The second-order valence-corrected chi connectivity index (χ2v) is 6.30. The van der Waals surface area contributed by atoms with E-state index in [1.54, 1.807) is 0 Å². The minimum absolute atomic E-state index is 0.185. The molecule has 0 bridgehead atoms. The smallest absolute Gasteiger partial charge is 0.221 e. The number of carbonyl (C=O) groups excluding carboxylic acids is 1. The van der Waals surface area contributed by atoms with Crippen molar-refractivity contribution < 1.29 is 4.79 Å². The van der Waals surface area contributed by atoms with Crippen molar-refractivity contribution in [1.82, 2.24) is 5.32 Å². The molecule has 1 atom stereocenters. The molecule has 1 saturated heterocycles. The molecule has 2 nitrogen and oxygen atoms in total. The van der Waals surface area contributed by atoms with E-state index in [0.29, 0.717) is 0 Å². The third-order valence-corrected chi connectivity index (χ3v) is 5.24. The van der Waals surface area contributed by atoms with Crippen molar-refractivity contribution in [2.24, 2.45) is 11.3 Å². The van der Waals surface area contributed by atoms with Crippen molar-refractivity contribution in [2.45, 2.75) is 51.5 Å². The van der Waals surface area contributed by atoms with E-state index in [4.69, 9.17) is 0 Å². The van der Waals surface area contributed by atoms with E-state index in [1.165, 1.54) is 37.7 Å². The van der Waals surface area contributed by atoms with Gasteiger partial charge in [-0.1, -0.05) is 43.7 Å². The molecule has 0 radical (unpaired) electrons. The molecule has 1 N–H and O–H groups in total. The summed E-state index contributed by atoms with van der Waals surface area (Å²) in [4.78, 5) is 11.9. The lowest BCUT2D eigenvalue weighted by Crippen LogP contribution is -2.33. The summed E-state index contributed by atoms with van der Waals surface area (Å²) in [5.74, 6) is 1.11. The maximum atomic E-state index is 11.9. The summed E-state index contributed by atoms with van der Waals surface area (Å²) in [7, 11) is 0. The van der Waals surface area contributed by atoms with E-state index in [2.05, 4.69) is 36.5 Å². The molecule has 0 aromatic heterocycles. The molecule has 1 heterocycles. The monoisotopic (exact) mass is 257 g/mol. The first-order valence-corrected chi connectivity index (χ1v) is 7.58. The van der Waals surface area contributed by atoms with Gasteiger partial charge in [-0.15, -0.1) is 0 Å². The van der Waals surface area contributed by atoms with Crippen LogP contribution >= 0.6 is 0 Å². The summed E-state index contributed by atoms with van der Waals surface area (Å²) in [6.07, 6.45) is 6.98. The number of hydrogen-bond donors (Lipinski definition) is 1. The normalized spacial score (nSPS) is 34.5. The van der Waals surface area contributed by atoms with Gasteiger partial charge in [0.15, 0.2) is 0 Å². The lowest BCUT2D eigenvalue weighted by Gasteiger charge is -2.40. The van der Waals surface area contributed by atoms with E-state index < -0.39 is 0 Å². The Morgan fingerprint density at radius 1 is 1.21 bits per heavy atom. The first-order chi connectivity index (χ1) is 9.23. The summed E-state index contributed by atoms with van der Waals surface area (Å²) in [6, 6.07) is 10.7. The topological polar surface area (TPSA) is 29.1 Å². The zero-order chi connectivity index (χ0) is 13.3. The van der Waals surface area contributed by atoms with Crippen LogP contribution in [0, 0.1) is 11.3 Å². The molecule has 1 saturated carbocycles. The minimum Gasteiger partial charge on any atom is -0.349 e. The van der Waals surface area contributed by atoms with Crippen LogP contribution in [0.25, 0.3) is 0 Å². The summed E-state index contributed by atoms with van der Waals surface area (Å²) in [5, 5.41) is 3.22. The van der Waals surface area contributed by atoms with E-state index in [-0.39, 0.29) is 17.4 Å². The van der Waals surface area contributed by atoms with E-state index >= 15 is 0 Å². The van der Waals surface area contributed by atoms with Gasteiger partial charge in [-0.25, -0.2) is 0 Å². The third-order valence-electron chi connectivity index (χ3n) is 5.24. The maximum absolute atomic E-state index is 11.9. The van der Waals surface area contributed by atoms with Crippen LogP contribution in [0.3, 0.4) is 0 Å². The number of amides is 1. The summed E-state index contributed by atoms with van der Waals surface area (Å²) in [6.45, 7) is 2.29. The zero-order valence-electron chi connectivity index (χ0n) is 11.7. The van der Waals surface area contributed by atoms with Crippen molar-refractivity contribution in [3.63, 3.8) is 0 Å². The van der Waals surface area contributed by atoms with Gasteiger partial charge in [-0.3, -0.25) is 4.79 Å². The lowest BCUT2D eigenvalue weighted by atomic mass is 9.64. The van der Waals surface area contributed by atoms with Crippen molar-refractivity contribution >= 4 is 5.91 Å². The van der Waals surface area contributed by atoms with Crippen LogP contribution in [0.2, 0.25) is 0 Å². The molecule has 1 aromatic carbocycles. The van der Waals surface area contributed by atoms with Crippen molar-refractivity contribution in [2.75, 3.05) is 0 Å². The van der Waals surface area contributed by atoms with Gasteiger partial charge >= 0.3 is 0 Å². The van der Waals surface area contributed by atoms with E-state index in [0.717, 1.165) is 12.3 Å². The highest BCUT2D eigenvalue weighted by Gasteiger charge is 2.48. The molecule has 2 aliphatic rings. The van der Waals surface area contributed by atoms with Gasteiger partial charge in [0, 0.05) is 11.8 Å². The number of carbonyl (C=O) groups is 1. The van der Waals surface area contributed by atoms with Crippen LogP contribution < -0.4 is 5.32 Å². The fourth-order valence-corrected chi connectivity index (χ4v) is 4.00. The van der Waals surface area contributed by atoms with E-state index in [1.807, 2.05) is 6.07 Å². The summed E-state index contributed by atoms with van der Waals surface area (Å²) < 4.78 is 0. The maximum Gasteiger partial charge on any atom is 0.221 e. The fourth-order valence-electron chi connectivity index (χ4n) is 4.00. The van der Waals surface area contributed by atoms with Crippen molar-refractivity contribution in [3.8, 4) is 0 Å². The zero-order valence-corrected chi connectivity index (χ0v) is 11.7. The highest BCUT2D eigenvalue weighted by molar-refractivity contribution is 5.80. The molecule has 1 spiro atoms. The first kappa shape index (κ1) is 12.7. The Morgan fingerprint density at radius 2 is 1.89 bits per heavy atom. The molecule has 1 aliphatic heterocycles. The van der Waals surface area contributed by atoms with Crippen LogP contribution in [0.1, 0.15) is 57.1 Å². The van der Waals surface area contributed by atoms with Crippen LogP contribution in [-0.4, -0.2) is 5.91 Å². The Labute approximate surface area is 115 Å². The predicted molar refractivity (Wildman–Crippen MR) is 76.6 cm³/mol. The summed E-state index contributed by atoms with van der Waals surface area (Å²) >= 11 is 0. The lowest BCUT2D eigenvalue weighted by molar-refractivity contribution is -0.119. The van der Waals surface area contributed by atoms with Crippen LogP contribution in [-0.2, 0) is 4.79 Å². The molecular formula is C17H23NO. The highest BCUT2D eigenvalue weighted by Crippen LogP contribution is 2.53. The van der Waals surface area contributed by atoms with Gasteiger partial charge in [0.1, 0.15) is 0 Å². The Hall–Kier alpha value is -1.31. The minimum atomic E-state index is 0.185. The van der Waals surface area contributed by atoms with Crippen LogP contribution in [0.4, 0.5) is 0 Å². The first-order valence-electron chi connectivity index (χ1n) is 7.58. The van der Waals surface area contributed by atoms with Gasteiger partial charge in [0.25, 0.3) is 0 Å². The third kappa shape index (κ3) is 2.29. The molecule has 2 heteroatoms. The molecule has 1 unspecified atom stereocenters. The molecule has 1 aliphatic carbocycles. The van der Waals surface area contributed by atoms with Crippen LogP contribution in [0.15, 0.2) is 30.3 Å². The van der Waals surface area contributed by atoms with Crippen molar-refractivity contribution in [3.05, 3.63) is 35.9 Å². The largest absolute Gasteiger partial charge is 0.349 e. The predicted octanol–water partition coefficient (Wildman–Crippen LogP) is 3.83. The van der Waals surface area contributed by atoms with Crippen molar-refractivity contribution in [1.29, 1.82) is 0 Å². The number of hydrogen-bond acceptors (Lipinski definition) is 1. The second kappa shape index (κ2) is 4.99. The van der Waals surface area contributed by atoms with Gasteiger partial charge in [0.2, 0.25) is 5.91 Å². The highest BCUT2D eigenvalue weighted by atomic mass is 16.2. The standard InChI is InChI=1S/C17H23NO/c1-2-13-8-10-17(11-9-13)12-15(19)18-16(17)14-6-4-3-5-7-14/h3-7,13,16H,2,8-12H2,1H3,(H,18,19). The second-order valence-electron chi connectivity index (χ2n) is 6.30. The number of nitrogens with one attached hydrogen (secondary N) is 1. The average molecular weight is 257 g/mol. The van der Waals surface area contributed by atoms with Gasteiger partial charge in [-0.2, -0.15) is 0 Å². The number of rotatable bonds is 2. The fraction of sp³-hybridized carbons (Fsp3) is 0.588. The van der Waals surface area contributed by atoms with Crippen LogP contribution in [0.5, 0.6) is 0 Å². The SMILES string of the molecule is CCC1CCC2(CC1)CC(=O)NC2c1ccccc1. The molecule has 1 aromatic rings. The Kier molecular flexibility index (Phi) is 3.34. The Morgan fingerprint density at radius 3 is 2.53 bits per heavy atom. The Balaban J connectivity index is 1.85. The molecule has 1 amide bonds. The molecular weight excluding hydrogens is 234 g/mol. The Bertz CT molecular complexity index is 446. The molecule has 19 heavy (non-hydrogen) atoms. The molecule has 3 rings (SSSR count). The molecule has 2 fully saturated rings. The quantitative estimate of drug-likeness (QED) is 0.857. The van der Waals surface area contributed by atoms with E-state index in [9.17, 15) is 4.79 Å². The molecule has 102 valence electrons. The van der Waals surface area contributed by atoms with Gasteiger partial charge < -0.3 is 5.32 Å². The number of benzene rings is 1. The van der Waals surface area contributed by atoms with Gasteiger partial charge in [0.05, 0.1) is 6.04 Å².